The van der Waals surface area contributed by atoms with Crippen LogP contribution in [0.1, 0.15) is 112 Å². The third-order valence-corrected chi connectivity index (χ3v) is 5.97. The monoisotopic (exact) mass is 445 g/mol. The summed E-state index contributed by atoms with van der Waals surface area (Å²) in [5, 5.41) is 5.58. The number of rotatable bonds is 5. The second-order valence-electron chi connectivity index (χ2n) is 9.34. The Labute approximate surface area is 191 Å². The highest BCUT2D eigenvalue weighted by molar-refractivity contribution is 6.00. The van der Waals surface area contributed by atoms with Crippen LogP contribution in [0.25, 0.3) is 0 Å². The average Bonchev–Trinajstić information content (AvgIpc) is 3.25. The van der Waals surface area contributed by atoms with Crippen LogP contribution in [-0.4, -0.2) is 41.0 Å². The summed E-state index contributed by atoms with van der Waals surface area (Å²) in [7, 11) is 0. The van der Waals surface area contributed by atoms with Crippen LogP contribution >= 0.6 is 0 Å². The van der Waals surface area contributed by atoms with Crippen molar-refractivity contribution in [2.45, 2.75) is 103 Å². The van der Waals surface area contributed by atoms with Crippen molar-refractivity contribution in [3.05, 3.63) is 23.5 Å². The van der Waals surface area contributed by atoms with E-state index in [1.54, 1.807) is 12.1 Å². The predicted octanol–water partition coefficient (Wildman–Crippen LogP) is 4.33. The van der Waals surface area contributed by atoms with E-state index in [9.17, 15) is 19.2 Å². The van der Waals surface area contributed by atoms with Gasteiger partial charge in [0, 0.05) is 6.42 Å². The number of hydrogen-bond acceptors (Lipinski definition) is 4. The Hall–Kier alpha value is -2.44. The lowest BCUT2D eigenvalue weighted by Gasteiger charge is -2.21. The number of carbonyl (C=O) groups excluding carboxylic acids is 4. The lowest BCUT2D eigenvalue weighted by molar-refractivity contribution is -0.126. The molecular formula is C25H39N3O4. The Balaban J connectivity index is 2.10. The van der Waals surface area contributed by atoms with Crippen molar-refractivity contribution < 1.29 is 19.2 Å². The van der Waals surface area contributed by atoms with Crippen LogP contribution in [0.15, 0.2) is 12.1 Å². The van der Waals surface area contributed by atoms with E-state index in [2.05, 4.69) is 15.6 Å². The third kappa shape index (κ3) is 8.97. The number of aromatic nitrogens is 1. The second-order valence-corrected chi connectivity index (χ2v) is 9.34. The average molecular weight is 446 g/mol. The van der Waals surface area contributed by atoms with Crippen molar-refractivity contribution in [3.63, 3.8) is 0 Å². The van der Waals surface area contributed by atoms with Gasteiger partial charge in [-0.3, -0.25) is 14.4 Å². The maximum atomic E-state index is 12.9. The summed E-state index contributed by atoms with van der Waals surface area (Å²) in [6.07, 6.45) is 11.8. The zero-order valence-electron chi connectivity index (χ0n) is 19.6. The van der Waals surface area contributed by atoms with Crippen LogP contribution in [0.3, 0.4) is 0 Å². The number of ketones is 1. The third-order valence-electron chi connectivity index (χ3n) is 5.97. The van der Waals surface area contributed by atoms with Crippen molar-refractivity contribution in [3.8, 4) is 0 Å². The first-order valence-corrected chi connectivity index (χ1v) is 12.2. The summed E-state index contributed by atoms with van der Waals surface area (Å²) in [4.78, 5) is 52.4. The Morgan fingerprint density at radius 1 is 1.00 bits per heavy atom. The molecule has 2 amide bonds. The Morgan fingerprint density at radius 2 is 1.59 bits per heavy atom. The molecule has 7 nitrogen and oxygen atoms in total. The lowest BCUT2D eigenvalue weighted by atomic mass is 10.0. The summed E-state index contributed by atoms with van der Waals surface area (Å²) >= 11 is 0. The molecule has 1 aromatic heterocycles. The Kier molecular flexibility index (Phi) is 11.2. The highest BCUT2D eigenvalue weighted by atomic mass is 16.2. The number of aldehydes is 1. The quantitative estimate of drug-likeness (QED) is 0.586. The molecule has 0 aromatic carbocycles. The minimum absolute atomic E-state index is 0.00182. The van der Waals surface area contributed by atoms with Gasteiger partial charge in [0.2, 0.25) is 5.91 Å². The van der Waals surface area contributed by atoms with Crippen molar-refractivity contribution in [2.24, 2.45) is 5.92 Å². The zero-order valence-corrected chi connectivity index (χ0v) is 19.6. The molecular weight excluding hydrogens is 406 g/mol. The van der Waals surface area contributed by atoms with Gasteiger partial charge in [0.05, 0.1) is 11.7 Å². The number of amides is 2. The molecule has 1 aliphatic heterocycles. The highest BCUT2D eigenvalue weighted by Gasteiger charge is 2.24. The van der Waals surface area contributed by atoms with Crippen molar-refractivity contribution in [1.82, 2.24) is 15.6 Å². The summed E-state index contributed by atoms with van der Waals surface area (Å²) in [5.74, 6) is -0.493. The highest BCUT2D eigenvalue weighted by Crippen LogP contribution is 2.15. The molecule has 0 spiro atoms. The fourth-order valence-corrected chi connectivity index (χ4v) is 4.14. The van der Waals surface area contributed by atoms with Gasteiger partial charge in [0.15, 0.2) is 5.78 Å². The van der Waals surface area contributed by atoms with Gasteiger partial charge in [0.1, 0.15) is 18.0 Å². The number of aromatic amines is 1. The molecule has 1 aliphatic rings. The normalized spacial score (nSPS) is 20.7. The number of H-pyrrole nitrogens is 1. The molecule has 1 aromatic rings. The van der Waals surface area contributed by atoms with Gasteiger partial charge in [-0.25, -0.2) is 0 Å². The predicted molar refractivity (Wildman–Crippen MR) is 125 cm³/mol. The molecule has 2 unspecified atom stereocenters. The molecule has 0 saturated heterocycles. The van der Waals surface area contributed by atoms with Crippen LogP contribution in [0.4, 0.5) is 0 Å². The van der Waals surface area contributed by atoms with Crippen LogP contribution < -0.4 is 10.6 Å². The largest absolute Gasteiger partial charge is 0.348 e. The molecule has 2 heterocycles. The van der Waals surface area contributed by atoms with Gasteiger partial charge in [-0.1, -0.05) is 65.2 Å². The van der Waals surface area contributed by atoms with E-state index in [-0.39, 0.29) is 23.3 Å². The topological polar surface area (TPSA) is 108 Å². The first-order valence-electron chi connectivity index (χ1n) is 12.2. The van der Waals surface area contributed by atoms with Crippen molar-refractivity contribution in [1.29, 1.82) is 0 Å². The van der Waals surface area contributed by atoms with E-state index in [1.165, 1.54) is 12.8 Å². The SMILES string of the molecule is CC(C)CC(C=O)NC(=O)C1CCCCCCCCCCCC(=O)c2ccc([nH]2)C(=O)N1. The molecule has 32 heavy (non-hydrogen) atoms. The zero-order chi connectivity index (χ0) is 23.3. The molecule has 7 heteroatoms. The summed E-state index contributed by atoms with van der Waals surface area (Å²) in [6, 6.07) is 1.92. The molecule has 3 N–H and O–H groups in total. The van der Waals surface area contributed by atoms with Crippen LogP contribution in [0.5, 0.6) is 0 Å². The van der Waals surface area contributed by atoms with Gasteiger partial charge in [-0.15, -0.1) is 0 Å². The fraction of sp³-hybridized carbons (Fsp3) is 0.680. The van der Waals surface area contributed by atoms with Crippen LogP contribution in [0, 0.1) is 5.92 Å². The van der Waals surface area contributed by atoms with Crippen molar-refractivity contribution in [2.75, 3.05) is 0 Å². The minimum atomic E-state index is -0.724. The fourth-order valence-electron chi connectivity index (χ4n) is 4.14. The molecule has 0 saturated carbocycles. The second kappa shape index (κ2) is 13.9. The number of fused-ring (bicyclic) bond motifs is 2. The maximum Gasteiger partial charge on any atom is 0.268 e. The summed E-state index contributed by atoms with van der Waals surface area (Å²) in [6.45, 7) is 3.98. The van der Waals surface area contributed by atoms with Crippen LogP contribution in [0.2, 0.25) is 0 Å². The van der Waals surface area contributed by atoms with E-state index in [0.717, 1.165) is 51.2 Å². The lowest BCUT2D eigenvalue weighted by Crippen LogP contribution is -2.50. The molecule has 2 atom stereocenters. The first-order chi connectivity index (χ1) is 15.4. The number of Topliss-reactive ketones (excluding diaryl/α,β-unsaturated/α-hetero) is 1. The number of hydrogen-bond donors (Lipinski definition) is 3. The standard InChI is InChI=1S/C25H39N3O4/c1-18(2)16-19(17-29)26-24(31)21-12-10-8-6-4-3-5-7-9-11-13-23(30)20-14-15-22(27-20)25(32)28-21/h14-15,17-19,21,27H,3-13,16H2,1-2H3,(H,26,31)(H,28,32). The van der Waals surface area contributed by atoms with E-state index in [4.69, 9.17) is 0 Å². The number of nitrogens with one attached hydrogen (secondary N) is 3. The smallest absolute Gasteiger partial charge is 0.268 e. The molecule has 178 valence electrons. The Morgan fingerprint density at radius 3 is 2.22 bits per heavy atom. The van der Waals surface area contributed by atoms with Crippen molar-refractivity contribution >= 4 is 23.9 Å². The van der Waals surface area contributed by atoms with Gasteiger partial charge in [-0.05, 0) is 37.3 Å². The molecule has 2 rings (SSSR count). The molecule has 2 bridgehead atoms. The van der Waals surface area contributed by atoms with E-state index in [1.807, 2.05) is 13.8 Å². The van der Waals surface area contributed by atoms with E-state index < -0.39 is 18.0 Å². The summed E-state index contributed by atoms with van der Waals surface area (Å²) < 4.78 is 0. The van der Waals surface area contributed by atoms with Gasteiger partial charge in [-0.2, -0.15) is 0 Å². The first kappa shape index (κ1) is 25.8. The van der Waals surface area contributed by atoms with E-state index >= 15 is 0 Å². The Bertz CT molecular complexity index is 756. The van der Waals surface area contributed by atoms with Gasteiger partial charge < -0.3 is 20.4 Å². The van der Waals surface area contributed by atoms with E-state index in [0.29, 0.717) is 25.0 Å². The molecule has 0 radical (unpaired) electrons. The van der Waals surface area contributed by atoms with Gasteiger partial charge >= 0.3 is 0 Å². The summed E-state index contributed by atoms with van der Waals surface area (Å²) in [5.41, 5.74) is 0.691. The van der Waals surface area contributed by atoms with Gasteiger partial charge in [0.25, 0.3) is 5.91 Å². The minimum Gasteiger partial charge on any atom is -0.348 e. The molecule has 0 fully saturated rings. The molecule has 0 aliphatic carbocycles. The number of carbonyl (C=O) groups is 4. The van der Waals surface area contributed by atoms with Crippen LogP contribution in [-0.2, 0) is 9.59 Å². The maximum absolute atomic E-state index is 12.9.